The molecule has 2 rings (SSSR count). The molecule has 1 atom stereocenters. The van der Waals surface area contributed by atoms with Crippen LogP contribution in [-0.2, 0) is 13.5 Å². The topological polar surface area (TPSA) is 72.9 Å². The van der Waals surface area contributed by atoms with Crippen LogP contribution in [0.2, 0.25) is 0 Å². The molecule has 0 aromatic carbocycles. The van der Waals surface area contributed by atoms with E-state index in [1.807, 2.05) is 0 Å². The lowest BCUT2D eigenvalue weighted by atomic mass is 9.88. The van der Waals surface area contributed by atoms with E-state index < -0.39 is 0 Å². The molecule has 1 fully saturated rings. The van der Waals surface area contributed by atoms with Crippen molar-refractivity contribution < 1.29 is 0 Å². The molecule has 1 aliphatic heterocycles. The summed E-state index contributed by atoms with van der Waals surface area (Å²) in [6, 6.07) is 0.0276. The first-order valence-electron chi connectivity index (χ1n) is 6.73. The molecule has 1 aromatic rings. The predicted molar refractivity (Wildman–Crippen MR) is 70.0 cm³/mol. The van der Waals surface area contributed by atoms with Gasteiger partial charge in [0.05, 0.1) is 7.05 Å². The van der Waals surface area contributed by atoms with Gasteiger partial charge in [0, 0.05) is 18.0 Å². The second-order valence-corrected chi connectivity index (χ2v) is 5.71. The predicted octanol–water partition coefficient (Wildman–Crippen LogP) is 0.344. The lowest BCUT2D eigenvalue weighted by Crippen LogP contribution is -2.58. The van der Waals surface area contributed by atoms with Crippen LogP contribution in [0.4, 0.5) is 0 Å². The summed E-state index contributed by atoms with van der Waals surface area (Å²) in [5.74, 6) is 0.732. The molecule has 1 saturated heterocycles. The Hall–Kier alpha value is -1.01. The van der Waals surface area contributed by atoms with E-state index in [1.54, 1.807) is 7.05 Å². The second kappa shape index (κ2) is 5.32. The summed E-state index contributed by atoms with van der Waals surface area (Å²) in [5, 5.41) is 12.1. The summed E-state index contributed by atoms with van der Waals surface area (Å²) < 4.78 is 0. The van der Waals surface area contributed by atoms with Crippen molar-refractivity contribution in [2.45, 2.75) is 51.1 Å². The third kappa shape index (κ3) is 2.87. The minimum atomic E-state index is -0.0143. The maximum Gasteiger partial charge on any atom is 0.176 e. The van der Waals surface area contributed by atoms with Crippen molar-refractivity contribution >= 4 is 0 Å². The first-order valence-corrected chi connectivity index (χ1v) is 6.73. The van der Waals surface area contributed by atoms with Gasteiger partial charge in [0.15, 0.2) is 5.82 Å². The molecular formula is C12H24N6. The van der Waals surface area contributed by atoms with E-state index in [9.17, 15) is 0 Å². The molecule has 2 N–H and O–H groups in total. The molecule has 18 heavy (non-hydrogen) atoms. The number of aromatic nitrogens is 4. The Morgan fingerprint density at radius 3 is 2.50 bits per heavy atom. The summed E-state index contributed by atoms with van der Waals surface area (Å²) in [7, 11) is 1.78. The Kier molecular flexibility index (Phi) is 3.97. The van der Waals surface area contributed by atoms with E-state index in [0.717, 1.165) is 18.9 Å². The number of rotatable bonds is 4. The molecule has 1 aliphatic rings. The van der Waals surface area contributed by atoms with Crippen molar-refractivity contribution in [2.75, 3.05) is 13.1 Å². The van der Waals surface area contributed by atoms with Crippen molar-refractivity contribution in [2.24, 2.45) is 12.8 Å². The Morgan fingerprint density at radius 1 is 1.28 bits per heavy atom. The van der Waals surface area contributed by atoms with Crippen molar-refractivity contribution in [3.63, 3.8) is 0 Å². The monoisotopic (exact) mass is 252 g/mol. The number of tetrazole rings is 1. The van der Waals surface area contributed by atoms with Gasteiger partial charge in [-0.15, -0.1) is 10.2 Å². The molecule has 2 heterocycles. The van der Waals surface area contributed by atoms with Crippen LogP contribution in [0.15, 0.2) is 0 Å². The molecule has 0 saturated carbocycles. The lowest BCUT2D eigenvalue weighted by Gasteiger charge is -2.44. The van der Waals surface area contributed by atoms with E-state index in [4.69, 9.17) is 5.73 Å². The molecule has 0 spiro atoms. The number of hydrogen-bond donors (Lipinski definition) is 1. The number of nitrogens with zero attached hydrogens (tertiary/aromatic N) is 5. The van der Waals surface area contributed by atoms with Gasteiger partial charge >= 0.3 is 0 Å². The Labute approximate surface area is 109 Å². The maximum atomic E-state index is 6.36. The first kappa shape index (κ1) is 13.4. The SMILES string of the molecule is Cn1nnc(CC(N)C(C)(C)N2CCCCC2)n1. The van der Waals surface area contributed by atoms with Gasteiger partial charge in [-0.25, -0.2) is 0 Å². The van der Waals surface area contributed by atoms with Crippen LogP contribution >= 0.6 is 0 Å². The Balaban J connectivity index is 1.99. The third-order valence-corrected chi connectivity index (χ3v) is 4.03. The molecule has 0 bridgehead atoms. The molecule has 102 valence electrons. The average molecular weight is 252 g/mol. The normalized spacial score (nSPS) is 20.0. The summed E-state index contributed by atoms with van der Waals surface area (Å²) in [4.78, 5) is 3.98. The van der Waals surface area contributed by atoms with Crippen LogP contribution in [0.25, 0.3) is 0 Å². The van der Waals surface area contributed by atoms with Crippen molar-refractivity contribution in [3.8, 4) is 0 Å². The molecule has 6 nitrogen and oxygen atoms in total. The molecule has 0 radical (unpaired) electrons. The first-order chi connectivity index (χ1) is 8.50. The van der Waals surface area contributed by atoms with Gasteiger partial charge in [-0.3, -0.25) is 4.90 Å². The smallest absolute Gasteiger partial charge is 0.176 e. The quantitative estimate of drug-likeness (QED) is 0.837. The minimum absolute atomic E-state index is 0.0143. The zero-order chi connectivity index (χ0) is 13.2. The highest BCUT2D eigenvalue weighted by atomic mass is 15.6. The molecule has 6 heteroatoms. The van der Waals surface area contributed by atoms with E-state index in [-0.39, 0.29) is 11.6 Å². The molecular weight excluding hydrogens is 228 g/mol. The van der Waals surface area contributed by atoms with E-state index in [1.165, 1.54) is 24.1 Å². The fraction of sp³-hybridized carbons (Fsp3) is 0.917. The highest BCUT2D eigenvalue weighted by molar-refractivity contribution is 4.97. The summed E-state index contributed by atoms with van der Waals surface area (Å²) in [5.41, 5.74) is 6.35. The second-order valence-electron chi connectivity index (χ2n) is 5.71. The summed E-state index contributed by atoms with van der Waals surface area (Å²) in [6.07, 6.45) is 4.57. The number of nitrogens with two attached hydrogens (primary N) is 1. The van der Waals surface area contributed by atoms with Gasteiger partial charge in [-0.05, 0) is 45.0 Å². The number of likely N-dealkylation sites (tertiary alicyclic amines) is 1. The van der Waals surface area contributed by atoms with Gasteiger partial charge in [0.2, 0.25) is 0 Å². The van der Waals surface area contributed by atoms with Gasteiger partial charge in [-0.2, -0.15) is 4.80 Å². The number of aryl methyl sites for hydroxylation is 1. The fourth-order valence-electron chi connectivity index (χ4n) is 2.56. The molecule has 1 unspecified atom stereocenters. The molecule has 0 aliphatic carbocycles. The standard InChI is InChI=1S/C12H24N6/c1-12(2,18-7-5-4-6-8-18)10(13)9-11-14-16-17(3)15-11/h10H,4-9,13H2,1-3H3. The average Bonchev–Trinajstić information content (AvgIpc) is 2.76. The van der Waals surface area contributed by atoms with E-state index in [0.29, 0.717) is 6.42 Å². The highest BCUT2D eigenvalue weighted by Crippen LogP contribution is 2.24. The zero-order valence-electron chi connectivity index (χ0n) is 11.6. The van der Waals surface area contributed by atoms with Crippen molar-refractivity contribution in [1.29, 1.82) is 0 Å². The molecule has 1 aromatic heterocycles. The van der Waals surface area contributed by atoms with Crippen molar-refractivity contribution in [1.82, 2.24) is 25.1 Å². The Morgan fingerprint density at radius 2 is 1.94 bits per heavy atom. The van der Waals surface area contributed by atoms with Gasteiger partial charge in [0.1, 0.15) is 0 Å². The summed E-state index contributed by atoms with van der Waals surface area (Å²) in [6.45, 7) is 6.74. The lowest BCUT2D eigenvalue weighted by molar-refractivity contribution is 0.0725. The van der Waals surface area contributed by atoms with Crippen molar-refractivity contribution in [3.05, 3.63) is 5.82 Å². The highest BCUT2D eigenvalue weighted by Gasteiger charge is 2.34. The minimum Gasteiger partial charge on any atom is -0.326 e. The number of hydrogen-bond acceptors (Lipinski definition) is 5. The van der Waals surface area contributed by atoms with Gasteiger partial charge in [0.25, 0.3) is 0 Å². The maximum absolute atomic E-state index is 6.36. The van der Waals surface area contributed by atoms with Crippen LogP contribution in [0.3, 0.4) is 0 Å². The van der Waals surface area contributed by atoms with Gasteiger partial charge in [-0.1, -0.05) is 6.42 Å². The van der Waals surface area contributed by atoms with Crippen LogP contribution in [0.1, 0.15) is 38.9 Å². The fourth-order valence-corrected chi connectivity index (χ4v) is 2.56. The van der Waals surface area contributed by atoms with Gasteiger partial charge < -0.3 is 5.73 Å². The van der Waals surface area contributed by atoms with Crippen LogP contribution < -0.4 is 5.73 Å². The third-order valence-electron chi connectivity index (χ3n) is 4.03. The molecule has 0 amide bonds. The van der Waals surface area contributed by atoms with E-state index in [2.05, 4.69) is 34.2 Å². The largest absolute Gasteiger partial charge is 0.326 e. The zero-order valence-corrected chi connectivity index (χ0v) is 11.6. The number of piperidine rings is 1. The van der Waals surface area contributed by atoms with Crippen LogP contribution in [-0.4, -0.2) is 49.8 Å². The van der Waals surface area contributed by atoms with E-state index >= 15 is 0 Å². The van der Waals surface area contributed by atoms with Crippen LogP contribution in [0, 0.1) is 0 Å². The summed E-state index contributed by atoms with van der Waals surface area (Å²) >= 11 is 0. The Bertz CT molecular complexity index is 380. The van der Waals surface area contributed by atoms with Crippen LogP contribution in [0.5, 0.6) is 0 Å².